The highest BCUT2D eigenvalue weighted by molar-refractivity contribution is 5.82. The van der Waals surface area contributed by atoms with E-state index in [1.807, 2.05) is 35.2 Å². The second-order valence-electron chi connectivity index (χ2n) is 7.17. The lowest BCUT2D eigenvalue weighted by atomic mass is 10.0. The van der Waals surface area contributed by atoms with Crippen LogP contribution in [0, 0.1) is 0 Å². The Bertz CT molecular complexity index is 718. The van der Waals surface area contributed by atoms with Crippen LogP contribution in [0.1, 0.15) is 30.5 Å². The Balaban J connectivity index is 1.71. The topological polar surface area (TPSA) is 45.7 Å². The third-order valence-corrected chi connectivity index (χ3v) is 5.28. The zero-order valence-corrected chi connectivity index (χ0v) is 16.3. The molecule has 5 heteroatoms. The number of carbonyl (C=O) groups excluding carboxylic acids is 1. The van der Waals surface area contributed by atoms with E-state index in [-0.39, 0.29) is 11.9 Å². The van der Waals surface area contributed by atoms with E-state index in [4.69, 9.17) is 4.74 Å². The normalized spacial score (nSPS) is 17.5. The summed E-state index contributed by atoms with van der Waals surface area (Å²) in [5.74, 6) is 1.07. The predicted molar refractivity (Wildman–Crippen MR) is 107 cm³/mol. The number of hydrogen-bond donors (Lipinski definition) is 0. The number of amides is 1. The fraction of sp³-hybridized carbons (Fsp3) is 0.455. The monoisotopic (exact) mass is 367 g/mol. The second-order valence-corrected chi connectivity index (χ2v) is 7.17. The minimum absolute atomic E-state index is 0.0154. The first kappa shape index (κ1) is 19.4. The molecule has 1 fully saturated rings. The zero-order chi connectivity index (χ0) is 19.1. The van der Waals surface area contributed by atoms with Gasteiger partial charge in [0, 0.05) is 12.7 Å². The number of rotatable bonds is 7. The maximum absolute atomic E-state index is 13.3. The van der Waals surface area contributed by atoms with E-state index < -0.39 is 0 Å². The molecule has 1 aromatic heterocycles. The Labute approximate surface area is 162 Å². The van der Waals surface area contributed by atoms with Crippen LogP contribution in [0.4, 0.5) is 0 Å². The summed E-state index contributed by atoms with van der Waals surface area (Å²) in [6, 6.07) is 13.9. The van der Waals surface area contributed by atoms with Crippen molar-refractivity contribution in [2.24, 2.45) is 0 Å². The van der Waals surface area contributed by atoms with Crippen LogP contribution in [0.25, 0.3) is 0 Å². The van der Waals surface area contributed by atoms with Gasteiger partial charge in [0.05, 0.1) is 25.4 Å². The van der Waals surface area contributed by atoms with Gasteiger partial charge in [0.2, 0.25) is 5.91 Å². The molecule has 27 heavy (non-hydrogen) atoms. The van der Waals surface area contributed by atoms with Gasteiger partial charge in [0.25, 0.3) is 0 Å². The van der Waals surface area contributed by atoms with E-state index in [9.17, 15) is 4.79 Å². The SMILES string of the molecule is COc1ccc(CCN(Cc2ccccn2)C(=O)[C@H]2CCCCN2C)cc1. The van der Waals surface area contributed by atoms with E-state index in [0.717, 1.165) is 37.3 Å². The fourth-order valence-electron chi connectivity index (χ4n) is 3.61. The minimum Gasteiger partial charge on any atom is -0.497 e. The summed E-state index contributed by atoms with van der Waals surface area (Å²) in [7, 11) is 3.73. The smallest absolute Gasteiger partial charge is 0.240 e. The highest BCUT2D eigenvalue weighted by Gasteiger charge is 2.29. The molecule has 0 N–H and O–H groups in total. The number of methoxy groups -OCH3 is 1. The molecule has 1 saturated heterocycles. The summed E-state index contributed by atoms with van der Waals surface area (Å²) >= 11 is 0. The molecule has 3 rings (SSSR count). The summed E-state index contributed by atoms with van der Waals surface area (Å²) in [5, 5.41) is 0. The van der Waals surface area contributed by atoms with Crippen molar-refractivity contribution in [3.05, 3.63) is 59.9 Å². The third-order valence-electron chi connectivity index (χ3n) is 5.28. The van der Waals surface area contributed by atoms with Gasteiger partial charge in [-0.1, -0.05) is 24.6 Å². The second kappa shape index (κ2) is 9.51. The van der Waals surface area contributed by atoms with Crippen molar-refractivity contribution in [1.29, 1.82) is 0 Å². The van der Waals surface area contributed by atoms with Crippen LogP contribution in [0.5, 0.6) is 5.75 Å². The number of benzene rings is 1. The molecular formula is C22H29N3O2. The molecule has 0 saturated carbocycles. The third kappa shape index (κ3) is 5.30. The van der Waals surface area contributed by atoms with Crippen molar-refractivity contribution in [3.8, 4) is 5.75 Å². The highest BCUT2D eigenvalue weighted by Crippen LogP contribution is 2.19. The van der Waals surface area contributed by atoms with Gasteiger partial charge in [0.15, 0.2) is 0 Å². The summed E-state index contributed by atoms with van der Waals surface area (Å²) < 4.78 is 5.22. The number of pyridine rings is 1. The van der Waals surface area contributed by atoms with Crippen LogP contribution < -0.4 is 4.74 Å². The molecule has 1 aromatic carbocycles. The Morgan fingerprint density at radius 3 is 2.70 bits per heavy atom. The van der Waals surface area contributed by atoms with Gasteiger partial charge in [0.1, 0.15) is 5.75 Å². The van der Waals surface area contributed by atoms with Crippen LogP contribution >= 0.6 is 0 Å². The molecule has 0 spiro atoms. The van der Waals surface area contributed by atoms with Crippen molar-refractivity contribution >= 4 is 5.91 Å². The van der Waals surface area contributed by atoms with Crippen molar-refractivity contribution < 1.29 is 9.53 Å². The van der Waals surface area contributed by atoms with E-state index in [1.54, 1.807) is 13.3 Å². The van der Waals surface area contributed by atoms with Gasteiger partial charge in [-0.2, -0.15) is 0 Å². The molecule has 144 valence electrons. The average Bonchev–Trinajstić information content (AvgIpc) is 2.72. The van der Waals surface area contributed by atoms with Crippen molar-refractivity contribution in [1.82, 2.24) is 14.8 Å². The summed E-state index contributed by atoms with van der Waals surface area (Å²) in [6.45, 7) is 2.23. The first-order valence-corrected chi connectivity index (χ1v) is 9.69. The minimum atomic E-state index is -0.0154. The Hall–Kier alpha value is -2.40. The number of aromatic nitrogens is 1. The standard InChI is InChI=1S/C22H29N3O2/c1-24-15-6-4-8-21(24)22(26)25(17-19-7-3-5-14-23-19)16-13-18-9-11-20(27-2)12-10-18/h3,5,7,9-12,14,21H,4,6,8,13,15-17H2,1-2H3/t21-/m1/s1. The summed E-state index contributed by atoms with van der Waals surface area (Å²) in [4.78, 5) is 21.9. The van der Waals surface area contributed by atoms with E-state index in [2.05, 4.69) is 29.1 Å². The lowest BCUT2D eigenvalue weighted by Gasteiger charge is -2.35. The van der Waals surface area contributed by atoms with Crippen molar-refractivity contribution in [3.63, 3.8) is 0 Å². The predicted octanol–water partition coefficient (Wildman–Crippen LogP) is 3.15. The van der Waals surface area contributed by atoms with Gasteiger partial charge in [-0.3, -0.25) is 14.7 Å². The molecule has 0 radical (unpaired) electrons. The number of likely N-dealkylation sites (tertiary alicyclic amines) is 1. The molecule has 2 aromatic rings. The first-order valence-electron chi connectivity index (χ1n) is 9.69. The van der Waals surface area contributed by atoms with Gasteiger partial charge >= 0.3 is 0 Å². The molecular weight excluding hydrogens is 338 g/mol. The zero-order valence-electron chi connectivity index (χ0n) is 16.3. The Kier molecular flexibility index (Phi) is 6.82. The van der Waals surface area contributed by atoms with Crippen molar-refractivity contribution in [2.75, 3.05) is 27.2 Å². The summed E-state index contributed by atoms with van der Waals surface area (Å²) in [6.07, 6.45) is 5.84. The Morgan fingerprint density at radius 2 is 2.04 bits per heavy atom. The number of ether oxygens (including phenoxy) is 1. The van der Waals surface area contributed by atoms with Crippen LogP contribution in [0.2, 0.25) is 0 Å². The maximum Gasteiger partial charge on any atom is 0.240 e. The number of likely N-dealkylation sites (N-methyl/N-ethyl adjacent to an activating group) is 1. The molecule has 5 nitrogen and oxygen atoms in total. The van der Waals surface area contributed by atoms with Crippen LogP contribution in [0.15, 0.2) is 48.7 Å². The maximum atomic E-state index is 13.3. The van der Waals surface area contributed by atoms with Gasteiger partial charge < -0.3 is 9.64 Å². The first-order chi connectivity index (χ1) is 13.2. The molecule has 1 amide bonds. The highest BCUT2D eigenvalue weighted by atomic mass is 16.5. The Morgan fingerprint density at radius 1 is 1.22 bits per heavy atom. The number of nitrogens with zero attached hydrogens (tertiary/aromatic N) is 3. The fourth-order valence-corrected chi connectivity index (χ4v) is 3.61. The molecule has 2 heterocycles. The number of hydrogen-bond acceptors (Lipinski definition) is 4. The molecule has 1 aliphatic rings. The van der Waals surface area contributed by atoms with Crippen LogP contribution in [-0.4, -0.2) is 54.0 Å². The van der Waals surface area contributed by atoms with Gasteiger partial charge in [-0.25, -0.2) is 0 Å². The van der Waals surface area contributed by atoms with E-state index in [0.29, 0.717) is 13.1 Å². The lowest BCUT2D eigenvalue weighted by molar-refractivity contribution is -0.138. The van der Waals surface area contributed by atoms with Crippen molar-refractivity contribution in [2.45, 2.75) is 38.3 Å². The number of carbonyl (C=O) groups is 1. The van der Waals surface area contributed by atoms with Gasteiger partial charge in [-0.15, -0.1) is 0 Å². The average molecular weight is 367 g/mol. The van der Waals surface area contributed by atoms with E-state index >= 15 is 0 Å². The molecule has 0 aliphatic carbocycles. The van der Waals surface area contributed by atoms with E-state index in [1.165, 1.54) is 12.0 Å². The molecule has 0 unspecified atom stereocenters. The van der Waals surface area contributed by atoms with Crippen LogP contribution in [0.3, 0.4) is 0 Å². The number of piperidine rings is 1. The molecule has 1 atom stereocenters. The lowest BCUT2D eigenvalue weighted by Crippen LogP contribution is -2.49. The van der Waals surface area contributed by atoms with Gasteiger partial charge in [-0.05, 0) is 62.7 Å². The molecule has 1 aliphatic heterocycles. The quantitative estimate of drug-likeness (QED) is 0.754. The summed E-state index contributed by atoms with van der Waals surface area (Å²) in [5.41, 5.74) is 2.13. The largest absolute Gasteiger partial charge is 0.497 e. The van der Waals surface area contributed by atoms with Crippen LogP contribution in [-0.2, 0) is 17.8 Å². The molecule has 0 bridgehead atoms.